The number of likely N-dealkylation sites (N-methyl/N-ethyl adjacent to an activating group) is 1. The Kier molecular flexibility index (Phi) is 13.0. The number of amides is 1. The summed E-state index contributed by atoms with van der Waals surface area (Å²) in [7, 11) is 1.59. The Labute approximate surface area is 281 Å². The minimum atomic E-state index is -1.95. The fourth-order valence-electron chi connectivity index (χ4n) is 7.21. The van der Waals surface area contributed by atoms with Crippen molar-refractivity contribution in [3.8, 4) is 0 Å². The van der Waals surface area contributed by atoms with E-state index in [1.807, 2.05) is 0 Å². The van der Waals surface area contributed by atoms with Gasteiger partial charge < -0.3 is 49.9 Å². The van der Waals surface area contributed by atoms with Crippen LogP contribution in [0.15, 0.2) is 22.7 Å². The van der Waals surface area contributed by atoms with Gasteiger partial charge in [-0.15, -0.1) is 11.3 Å². The second-order valence-electron chi connectivity index (χ2n) is 14.0. The van der Waals surface area contributed by atoms with Crippen molar-refractivity contribution in [2.45, 2.75) is 135 Å². The summed E-state index contributed by atoms with van der Waals surface area (Å²) in [4.78, 5) is 28.5. The number of esters is 1. The summed E-state index contributed by atoms with van der Waals surface area (Å²) in [6.07, 6.45) is -8.20. The Morgan fingerprint density at radius 2 is 1.74 bits per heavy atom. The molecule has 268 valence electrons. The number of carbonyl (C=O) groups excluding carboxylic acids is 2. The van der Waals surface area contributed by atoms with Crippen LogP contribution in [0.2, 0.25) is 0 Å². The SMILES string of the molecule is CC[C@H]1OC(=O)[C@H](C)[C@@H](O)[C@H](C)[C@@H](O[C@@H]2O[C@H](C)C[C@H](N(C)C(=O)c3cccs3)[C@H]2O)C(C)(O)C[C@@H](C)/C(=N\O)[C@H](C)[C@@H](O)[C@]1(C)O. The molecular weight excluding hydrogens is 632 g/mol. The minimum absolute atomic E-state index is 0.0768. The molecule has 0 saturated carbocycles. The van der Waals surface area contributed by atoms with Crippen LogP contribution in [0.3, 0.4) is 0 Å². The number of nitrogens with zero attached hydrogens (tertiary/aromatic N) is 2. The quantitative estimate of drug-likeness (QED) is 0.151. The van der Waals surface area contributed by atoms with E-state index in [2.05, 4.69) is 5.16 Å². The van der Waals surface area contributed by atoms with Crippen LogP contribution in [0.25, 0.3) is 0 Å². The molecule has 47 heavy (non-hydrogen) atoms. The van der Waals surface area contributed by atoms with Crippen molar-refractivity contribution in [2.75, 3.05) is 7.05 Å². The zero-order chi connectivity index (χ0) is 35.6. The molecule has 2 aliphatic rings. The molecule has 2 aliphatic heterocycles. The average Bonchev–Trinajstić information content (AvgIpc) is 3.56. The molecule has 0 aliphatic carbocycles. The van der Waals surface area contributed by atoms with Gasteiger partial charge in [-0.05, 0) is 58.4 Å². The van der Waals surface area contributed by atoms with E-state index in [4.69, 9.17) is 14.2 Å². The zero-order valence-corrected chi connectivity index (χ0v) is 29.6. The van der Waals surface area contributed by atoms with E-state index < -0.39 is 89.8 Å². The number of oxime groups is 1. The largest absolute Gasteiger partial charge is 0.459 e. The fraction of sp³-hybridized carbons (Fsp3) is 0.788. The lowest BCUT2D eigenvalue weighted by atomic mass is 9.73. The number of hydrogen-bond donors (Lipinski definition) is 6. The zero-order valence-electron chi connectivity index (χ0n) is 28.8. The number of ether oxygens (including phenoxy) is 3. The first kappa shape index (κ1) is 39.3. The standard InChI is InChI=1S/C33H54N2O11S/c1-10-23-33(8,42)27(38)18(4)24(34-43)16(2)15-32(7,41)28(19(5)25(36)20(6)30(40)45-23)46-31-26(37)21(14-17(3)44-31)35(9)29(39)22-12-11-13-47-22/h11-13,16-21,23,25-28,31,36-38,41-43H,10,14-15H2,1-9H3/b34-24+/t16-,17-,18+,19+,20-,21+,23-,25+,26-,27-,28-,31+,32?,33-/m1/s1. The van der Waals surface area contributed by atoms with Crippen molar-refractivity contribution in [3.05, 3.63) is 22.4 Å². The summed E-state index contributed by atoms with van der Waals surface area (Å²) in [6, 6.07) is 2.76. The Balaban J connectivity index is 2.03. The van der Waals surface area contributed by atoms with Gasteiger partial charge in [0.1, 0.15) is 17.8 Å². The maximum Gasteiger partial charge on any atom is 0.311 e. The van der Waals surface area contributed by atoms with Crippen LogP contribution in [-0.2, 0) is 19.0 Å². The van der Waals surface area contributed by atoms with Gasteiger partial charge in [0.2, 0.25) is 0 Å². The molecule has 0 bridgehead atoms. The Morgan fingerprint density at radius 3 is 2.30 bits per heavy atom. The van der Waals surface area contributed by atoms with Gasteiger partial charge in [-0.1, -0.05) is 38.9 Å². The van der Waals surface area contributed by atoms with Crippen molar-refractivity contribution in [3.63, 3.8) is 0 Å². The molecule has 1 aromatic rings. The molecule has 14 atom stereocenters. The monoisotopic (exact) mass is 686 g/mol. The molecule has 2 saturated heterocycles. The number of thiophene rings is 1. The molecule has 1 amide bonds. The number of aliphatic hydroxyl groups excluding tert-OH is 3. The van der Waals surface area contributed by atoms with Gasteiger partial charge in [0.05, 0.1) is 52.6 Å². The van der Waals surface area contributed by atoms with Gasteiger partial charge in [0.15, 0.2) is 6.29 Å². The van der Waals surface area contributed by atoms with Crippen LogP contribution in [0, 0.1) is 23.7 Å². The average molecular weight is 687 g/mol. The molecule has 1 aromatic heterocycles. The predicted molar refractivity (Wildman–Crippen MR) is 174 cm³/mol. The number of hydrogen-bond acceptors (Lipinski definition) is 13. The van der Waals surface area contributed by atoms with E-state index in [0.717, 1.165) is 0 Å². The van der Waals surface area contributed by atoms with Crippen LogP contribution in [0.1, 0.15) is 84.3 Å². The predicted octanol–water partition coefficient (Wildman–Crippen LogP) is 2.39. The fourth-order valence-corrected chi connectivity index (χ4v) is 7.91. The molecule has 3 heterocycles. The lowest BCUT2D eigenvalue weighted by Crippen LogP contribution is -2.60. The van der Waals surface area contributed by atoms with Crippen LogP contribution < -0.4 is 0 Å². The summed E-state index contributed by atoms with van der Waals surface area (Å²) in [5, 5.41) is 73.0. The lowest BCUT2D eigenvalue weighted by Gasteiger charge is -2.47. The molecule has 13 nitrogen and oxygen atoms in total. The second-order valence-corrected chi connectivity index (χ2v) is 14.9. The van der Waals surface area contributed by atoms with Crippen LogP contribution in [0.4, 0.5) is 0 Å². The van der Waals surface area contributed by atoms with E-state index in [1.54, 1.807) is 59.2 Å². The molecule has 0 spiro atoms. The highest BCUT2D eigenvalue weighted by Crippen LogP contribution is 2.38. The smallest absolute Gasteiger partial charge is 0.311 e. The molecule has 6 N–H and O–H groups in total. The van der Waals surface area contributed by atoms with E-state index in [0.29, 0.717) is 11.3 Å². The summed E-state index contributed by atoms with van der Waals surface area (Å²) >= 11 is 1.28. The molecular formula is C33H54N2O11S. The summed E-state index contributed by atoms with van der Waals surface area (Å²) in [6.45, 7) is 12.5. The Morgan fingerprint density at radius 1 is 1.11 bits per heavy atom. The number of carbonyl (C=O) groups is 2. The molecule has 1 unspecified atom stereocenters. The van der Waals surface area contributed by atoms with Crippen LogP contribution in [0.5, 0.6) is 0 Å². The van der Waals surface area contributed by atoms with Gasteiger partial charge in [-0.3, -0.25) is 9.59 Å². The highest BCUT2D eigenvalue weighted by Gasteiger charge is 2.51. The van der Waals surface area contributed by atoms with Gasteiger partial charge in [-0.25, -0.2) is 0 Å². The first-order chi connectivity index (χ1) is 21.8. The van der Waals surface area contributed by atoms with Crippen molar-refractivity contribution in [1.29, 1.82) is 0 Å². The number of aliphatic hydroxyl groups is 5. The van der Waals surface area contributed by atoms with E-state index in [9.17, 15) is 40.3 Å². The third kappa shape index (κ3) is 8.35. The van der Waals surface area contributed by atoms with Crippen molar-refractivity contribution < 1.29 is 54.5 Å². The summed E-state index contributed by atoms with van der Waals surface area (Å²) in [5.41, 5.74) is -3.68. The highest BCUT2D eigenvalue weighted by atomic mass is 32.1. The third-order valence-electron chi connectivity index (χ3n) is 10.1. The third-order valence-corrected chi connectivity index (χ3v) is 11.0. The molecule has 14 heteroatoms. The van der Waals surface area contributed by atoms with Crippen LogP contribution >= 0.6 is 11.3 Å². The summed E-state index contributed by atoms with van der Waals surface area (Å²) < 4.78 is 18.1. The van der Waals surface area contributed by atoms with E-state index in [-0.39, 0.29) is 24.5 Å². The number of rotatable bonds is 5. The van der Waals surface area contributed by atoms with E-state index in [1.165, 1.54) is 37.0 Å². The van der Waals surface area contributed by atoms with Gasteiger partial charge in [0.25, 0.3) is 5.91 Å². The first-order valence-electron chi connectivity index (χ1n) is 16.3. The van der Waals surface area contributed by atoms with Gasteiger partial charge in [0, 0.05) is 24.8 Å². The maximum absolute atomic E-state index is 13.3. The molecule has 3 rings (SSSR count). The molecule has 0 aromatic carbocycles. The minimum Gasteiger partial charge on any atom is -0.459 e. The lowest BCUT2D eigenvalue weighted by molar-refractivity contribution is -0.298. The van der Waals surface area contributed by atoms with Crippen molar-refractivity contribution in [1.82, 2.24) is 4.90 Å². The van der Waals surface area contributed by atoms with Crippen LogP contribution in [-0.4, -0.2) is 120 Å². The van der Waals surface area contributed by atoms with Crippen molar-refractivity contribution in [2.24, 2.45) is 28.8 Å². The summed E-state index contributed by atoms with van der Waals surface area (Å²) in [5.74, 6) is -4.85. The first-order valence-corrected chi connectivity index (χ1v) is 17.2. The normalized spacial score (nSPS) is 43.6. The maximum atomic E-state index is 13.3. The van der Waals surface area contributed by atoms with Gasteiger partial charge in [-0.2, -0.15) is 0 Å². The van der Waals surface area contributed by atoms with Crippen molar-refractivity contribution >= 4 is 28.9 Å². The highest BCUT2D eigenvalue weighted by molar-refractivity contribution is 7.12. The van der Waals surface area contributed by atoms with Gasteiger partial charge >= 0.3 is 5.97 Å². The van der Waals surface area contributed by atoms with E-state index >= 15 is 0 Å². The topological polar surface area (TPSA) is 199 Å². The molecule has 2 fully saturated rings. The Bertz CT molecular complexity index is 1230. The Hall–Kier alpha value is -2.17. The number of cyclic esters (lactones) is 1. The second kappa shape index (κ2) is 15.6. The molecule has 0 radical (unpaired) electrons.